The Hall–Kier alpha value is -4.20. The van der Waals surface area contributed by atoms with E-state index < -0.39 is 11.9 Å². The Balaban J connectivity index is 0.00000435. The smallest absolute Gasteiger partial charge is 0.331 e. The second kappa shape index (κ2) is 22.7. The second-order valence-corrected chi connectivity index (χ2v) is 14.5. The number of hydrogen-bond acceptors (Lipinski definition) is 10. The van der Waals surface area contributed by atoms with E-state index in [1.807, 2.05) is 24.3 Å². The molecule has 1 fully saturated rings. The van der Waals surface area contributed by atoms with Crippen molar-refractivity contribution in [1.29, 1.82) is 0 Å². The maximum atomic E-state index is 12.6. The molecule has 3 aromatic rings. The molecule has 12 nitrogen and oxygen atoms in total. The van der Waals surface area contributed by atoms with Gasteiger partial charge in [0.25, 0.3) is 0 Å². The van der Waals surface area contributed by atoms with Crippen molar-refractivity contribution in [2.75, 3.05) is 102 Å². The highest BCUT2D eigenvalue weighted by Gasteiger charge is 2.40. The standard InChI is InChI=1S/C43H58N2O10.2ClH/c1-44(20-17-34-29-40(51-5)41(52-6)30-36(34)37(44)27-32-9-12-35(48-2)13-10-32)18-7-23-54-42(46)15-16-43(47)55-24-8-19-45(21-25-53-26-22-45)31-33-11-14-38(49-3)39(28-33)50-4;;/h9-16,28-30,37H,7-8,17-27,31H2,1-6H3;2*1H/q+2;;/p-2/b16-15+;;/t37-,44?;;/m1../s1. The highest BCUT2D eigenvalue weighted by atomic mass is 35.5. The van der Waals surface area contributed by atoms with Crippen LogP contribution in [0.1, 0.15) is 41.1 Å². The Kier molecular flexibility index (Phi) is 18.8. The molecule has 2 heterocycles. The van der Waals surface area contributed by atoms with Gasteiger partial charge in [0.05, 0.1) is 88.7 Å². The van der Waals surface area contributed by atoms with Gasteiger partial charge < -0.3 is 71.7 Å². The Labute approximate surface area is 349 Å². The van der Waals surface area contributed by atoms with Crippen LogP contribution in [-0.4, -0.2) is 123 Å². The molecule has 57 heavy (non-hydrogen) atoms. The Morgan fingerprint density at radius 1 is 0.684 bits per heavy atom. The summed E-state index contributed by atoms with van der Waals surface area (Å²) < 4.78 is 45.8. The minimum absolute atomic E-state index is 0. The van der Waals surface area contributed by atoms with E-state index >= 15 is 0 Å². The summed E-state index contributed by atoms with van der Waals surface area (Å²) in [5.74, 6) is 2.53. The van der Waals surface area contributed by atoms with Crippen LogP contribution in [0, 0.1) is 0 Å². The fourth-order valence-corrected chi connectivity index (χ4v) is 7.87. The topological polar surface area (TPSA) is 108 Å². The lowest BCUT2D eigenvalue weighted by molar-refractivity contribution is -0.947. The maximum Gasteiger partial charge on any atom is 0.331 e. The van der Waals surface area contributed by atoms with Crippen molar-refractivity contribution < 1.29 is 81.3 Å². The van der Waals surface area contributed by atoms with Gasteiger partial charge in [0.15, 0.2) is 23.0 Å². The number of nitrogens with zero attached hydrogens (tertiary/aromatic N) is 2. The molecule has 0 bridgehead atoms. The molecule has 1 unspecified atom stereocenters. The number of methoxy groups -OCH3 is 5. The van der Waals surface area contributed by atoms with E-state index in [1.165, 1.54) is 16.7 Å². The number of carbonyl (C=O) groups is 2. The van der Waals surface area contributed by atoms with Gasteiger partial charge >= 0.3 is 11.9 Å². The first-order valence-electron chi connectivity index (χ1n) is 19.0. The molecule has 0 radical (unpaired) electrons. The Morgan fingerprint density at radius 2 is 1.25 bits per heavy atom. The summed E-state index contributed by atoms with van der Waals surface area (Å²) in [6, 6.07) is 18.6. The summed E-state index contributed by atoms with van der Waals surface area (Å²) in [6.07, 6.45) is 5.35. The number of benzene rings is 3. The molecular formula is C43H58Cl2N2O10. The third-order valence-electron chi connectivity index (χ3n) is 11.1. The molecule has 2 aliphatic rings. The zero-order chi connectivity index (χ0) is 39.3. The van der Waals surface area contributed by atoms with Crippen molar-refractivity contribution >= 4 is 11.9 Å². The number of morpholine rings is 1. The van der Waals surface area contributed by atoms with Crippen molar-refractivity contribution in [2.45, 2.75) is 38.3 Å². The molecule has 2 atom stereocenters. The van der Waals surface area contributed by atoms with Gasteiger partial charge in [-0.3, -0.25) is 0 Å². The fraction of sp³-hybridized carbons (Fsp3) is 0.488. The molecule has 0 aliphatic carbocycles. The molecular weight excluding hydrogens is 775 g/mol. The van der Waals surface area contributed by atoms with E-state index in [2.05, 4.69) is 37.4 Å². The van der Waals surface area contributed by atoms with Crippen LogP contribution in [0.25, 0.3) is 0 Å². The van der Waals surface area contributed by atoms with Crippen LogP contribution in [0.4, 0.5) is 0 Å². The van der Waals surface area contributed by atoms with E-state index in [1.54, 1.807) is 35.5 Å². The van der Waals surface area contributed by atoms with Crippen LogP contribution in [0.2, 0.25) is 0 Å². The van der Waals surface area contributed by atoms with Crippen LogP contribution in [0.15, 0.2) is 66.7 Å². The summed E-state index contributed by atoms with van der Waals surface area (Å²) in [6.45, 7) is 6.94. The van der Waals surface area contributed by atoms with E-state index in [0.29, 0.717) is 43.3 Å². The number of ether oxygens (including phenoxy) is 8. The van der Waals surface area contributed by atoms with E-state index in [9.17, 15) is 9.59 Å². The molecule has 14 heteroatoms. The monoisotopic (exact) mass is 832 g/mol. The van der Waals surface area contributed by atoms with Crippen LogP contribution in [0.5, 0.6) is 28.7 Å². The quantitative estimate of drug-likeness (QED) is 0.0680. The lowest BCUT2D eigenvalue weighted by Crippen LogP contribution is -3.00. The van der Waals surface area contributed by atoms with Crippen LogP contribution < -0.4 is 48.5 Å². The van der Waals surface area contributed by atoms with Crippen LogP contribution >= 0.6 is 0 Å². The lowest BCUT2D eigenvalue weighted by atomic mass is 9.86. The van der Waals surface area contributed by atoms with Gasteiger partial charge in [-0.2, -0.15) is 0 Å². The van der Waals surface area contributed by atoms with Gasteiger partial charge in [-0.1, -0.05) is 12.1 Å². The zero-order valence-corrected chi connectivity index (χ0v) is 35.6. The number of halogens is 2. The predicted octanol–water partition coefficient (Wildman–Crippen LogP) is -0.506. The highest BCUT2D eigenvalue weighted by Crippen LogP contribution is 2.42. The van der Waals surface area contributed by atoms with Gasteiger partial charge in [-0.15, -0.1) is 0 Å². The summed E-state index contributed by atoms with van der Waals surface area (Å²) in [4.78, 5) is 25.1. The molecule has 0 aromatic heterocycles. The molecule has 0 saturated carbocycles. The van der Waals surface area contributed by atoms with Gasteiger partial charge in [-0.25, -0.2) is 9.59 Å². The molecule has 3 aromatic carbocycles. The van der Waals surface area contributed by atoms with Crippen molar-refractivity contribution in [3.8, 4) is 28.7 Å². The maximum absolute atomic E-state index is 12.6. The molecule has 5 rings (SSSR count). The van der Waals surface area contributed by atoms with Crippen molar-refractivity contribution in [3.05, 3.63) is 89.0 Å². The third-order valence-corrected chi connectivity index (χ3v) is 11.1. The highest BCUT2D eigenvalue weighted by molar-refractivity contribution is 5.91. The first kappa shape index (κ1) is 47.2. The van der Waals surface area contributed by atoms with Crippen LogP contribution in [0.3, 0.4) is 0 Å². The Morgan fingerprint density at radius 3 is 1.84 bits per heavy atom. The van der Waals surface area contributed by atoms with E-state index in [4.69, 9.17) is 37.9 Å². The number of esters is 2. The Bertz CT molecular complexity index is 1770. The zero-order valence-electron chi connectivity index (χ0n) is 34.1. The molecule has 0 amide bonds. The van der Waals surface area contributed by atoms with E-state index in [-0.39, 0.29) is 44.1 Å². The molecule has 0 N–H and O–H groups in total. The number of hydrogen-bond donors (Lipinski definition) is 0. The van der Waals surface area contributed by atoms with Crippen molar-refractivity contribution in [1.82, 2.24) is 0 Å². The molecule has 1 saturated heterocycles. The average Bonchev–Trinajstić information content (AvgIpc) is 3.21. The minimum atomic E-state index is -0.567. The molecule has 0 spiro atoms. The predicted molar refractivity (Wildman–Crippen MR) is 208 cm³/mol. The number of carbonyl (C=O) groups excluding carboxylic acids is 2. The number of quaternary nitrogens is 2. The average molecular weight is 834 g/mol. The summed E-state index contributed by atoms with van der Waals surface area (Å²) in [5, 5.41) is 0. The number of fused-ring (bicyclic) bond motifs is 1. The van der Waals surface area contributed by atoms with Crippen molar-refractivity contribution in [3.63, 3.8) is 0 Å². The summed E-state index contributed by atoms with van der Waals surface area (Å²) in [7, 11) is 10.5. The number of likely N-dealkylation sites (N-methyl/N-ethyl adjacent to an activating group) is 1. The summed E-state index contributed by atoms with van der Waals surface area (Å²) in [5.41, 5.74) is 4.84. The normalized spacial score (nSPS) is 18.2. The fourth-order valence-electron chi connectivity index (χ4n) is 7.87. The van der Waals surface area contributed by atoms with Gasteiger partial charge in [0, 0.05) is 49.0 Å². The second-order valence-electron chi connectivity index (χ2n) is 14.5. The minimum Gasteiger partial charge on any atom is -1.00 e. The molecule has 2 aliphatic heterocycles. The first-order chi connectivity index (χ1) is 26.6. The van der Waals surface area contributed by atoms with Crippen LogP contribution in [-0.2, 0) is 43.2 Å². The summed E-state index contributed by atoms with van der Waals surface area (Å²) >= 11 is 0. The lowest BCUT2D eigenvalue weighted by Gasteiger charge is -2.46. The third kappa shape index (κ3) is 12.6. The van der Waals surface area contributed by atoms with Gasteiger partial charge in [0.2, 0.25) is 0 Å². The first-order valence-corrected chi connectivity index (χ1v) is 19.0. The van der Waals surface area contributed by atoms with Gasteiger partial charge in [-0.05, 0) is 53.6 Å². The van der Waals surface area contributed by atoms with Crippen molar-refractivity contribution in [2.24, 2.45) is 0 Å². The largest absolute Gasteiger partial charge is 1.00 e. The molecule has 314 valence electrons. The van der Waals surface area contributed by atoms with Gasteiger partial charge in [0.1, 0.15) is 31.4 Å². The number of rotatable bonds is 19. The van der Waals surface area contributed by atoms with E-state index in [0.717, 1.165) is 90.3 Å². The SMILES string of the molecule is COc1ccc(C[C@@H]2c3cc(OC)c(OC)cc3CC[N+]2(C)CCCOC(=O)/C=C/C(=O)OCCC[N+]2(Cc3ccc(OC)c(OC)c3)CCOCC2)cc1.[Cl-].[Cl-].